The summed E-state index contributed by atoms with van der Waals surface area (Å²) < 4.78 is 10.3. The normalized spacial score (nSPS) is 13.7. The first-order valence-corrected chi connectivity index (χ1v) is 7.96. The summed E-state index contributed by atoms with van der Waals surface area (Å²) in [5.41, 5.74) is 0.258. The molecule has 0 bridgehead atoms. The number of methoxy groups -OCH3 is 1. The van der Waals surface area contributed by atoms with Crippen LogP contribution in [0.15, 0.2) is 23.1 Å². The lowest BCUT2D eigenvalue weighted by molar-refractivity contribution is -0.135. The molecule has 0 spiro atoms. The van der Waals surface area contributed by atoms with Crippen LogP contribution in [0.5, 0.6) is 5.88 Å². The average molecular weight is 375 g/mol. The van der Waals surface area contributed by atoms with Gasteiger partial charge >= 0.3 is 5.97 Å². The number of fused-ring (bicyclic) bond motifs is 1. The van der Waals surface area contributed by atoms with Gasteiger partial charge in [-0.25, -0.2) is 4.98 Å². The third-order valence-electron chi connectivity index (χ3n) is 4.13. The highest BCUT2D eigenvalue weighted by molar-refractivity contribution is 5.97. The van der Waals surface area contributed by atoms with Crippen molar-refractivity contribution in [1.82, 2.24) is 15.3 Å². The Hall–Kier alpha value is -3.24. The summed E-state index contributed by atoms with van der Waals surface area (Å²) in [6, 6.07) is 3.09. The van der Waals surface area contributed by atoms with Crippen LogP contribution in [0.1, 0.15) is 38.8 Å². The van der Waals surface area contributed by atoms with E-state index in [1.165, 1.54) is 19.4 Å². The number of hydrogen-bond acceptors (Lipinski definition) is 7. The number of aromatic amines is 1. The number of carbonyl (C=O) groups is 2. The van der Waals surface area contributed by atoms with Crippen LogP contribution in [-0.2, 0) is 22.7 Å². The number of carbonyl (C=O) groups excluding carboxylic acids is 1. The molecule has 0 saturated carbocycles. The molecule has 0 aliphatic carbocycles. The second kappa shape index (κ2) is 7.56. The maximum Gasteiger partial charge on any atom is 0.322 e. The average Bonchev–Trinajstić information content (AvgIpc) is 3.12. The van der Waals surface area contributed by atoms with Crippen molar-refractivity contribution in [2.45, 2.75) is 19.3 Å². The van der Waals surface area contributed by atoms with Crippen molar-refractivity contribution in [3.05, 3.63) is 56.6 Å². The lowest BCUT2D eigenvalue weighted by Crippen LogP contribution is -2.36. The molecule has 1 amide bonds. The molecular formula is C17H17N3O7. The van der Waals surface area contributed by atoms with E-state index in [0.717, 1.165) is 0 Å². The van der Waals surface area contributed by atoms with Crippen LogP contribution in [0.3, 0.4) is 0 Å². The van der Waals surface area contributed by atoms with Crippen LogP contribution >= 0.6 is 0 Å². The van der Waals surface area contributed by atoms with Gasteiger partial charge in [-0.3, -0.25) is 14.4 Å². The first kappa shape index (κ1) is 18.5. The van der Waals surface area contributed by atoms with E-state index in [-0.39, 0.29) is 24.3 Å². The summed E-state index contributed by atoms with van der Waals surface area (Å²) in [6.07, 6.45) is 0.0259. The van der Waals surface area contributed by atoms with Crippen LogP contribution in [-0.4, -0.2) is 45.7 Å². The summed E-state index contributed by atoms with van der Waals surface area (Å²) in [4.78, 5) is 42.2. The van der Waals surface area contributed by atoms with Crippen molar-refractivity contribution >= 4 is 11.9 Å². The van der Waals surface area contributed by atoms with Crippen molar-refractivity contribution in [2.75, 3.05) is 13.7 Å². The maximum atomic E-state index is 12.5. The maximum absolute atomic E-state index is 12.5. The molecule has 0 fully saturated rings. The molecule has 1 aliphatic heterocycles. The number of H-pyrrole nitrogens is 1. The number of aromatic nitrogens is 2. The zero-order chi connectivity index (χ0) is 19.6. The summed E-state index contributed by atoms with van der Waals surface area (Å²) in [5, 5.41) is 21.8. The fourth-order valence-corrected chi connectivity index (χ4v) is 2.87. The molecule has 3 heterocycles. The van der Waals surface area contributed by atoms with E-state index in [9.17, 15) is 19.5 Å². The predicted octanol–water partition coefficient (Wildman–Crippen LogP) is -0.295. The Bertz CT molecular complexity index is 937. The Labute approximate surface area is 152 Å². The molecule has 27 heavy (non-hydrogen) atoms. The molecule has 3 rings (SSSR count). The van der Waals surface area contributed by atoms with E-state index in [0.29, 0.717) is 22.7 Å². The molecule has 2 aromatic rings. The number of ether oxygens (including phenoxy) is 2. The molecule has 1 unspecified atom stereocenters. The standard InChI is InChI=1S/C17H17N3O7/c1-26-11-3-2-8(4-18-11)15(23)13-9-6-27-7-10(9)20-17(25)14(13)16(24)19-5-12(21)22/h2-4,15,23H,5-7H2,1H3,(H,19,24)(H,20,25)(H,21,22). The molecule has 2 aromatic heterocycles. The number of carboxylic acids is 1. The van der Waals surface area contributed by atoms with E-state index in [1.54, 1.807) is 6.07 Å². The summed E-state index contributed by atoms with van der Waals surface area (Å²) in [5.74, 6) is -1.82. The number of aliphatic hydroxyl groups is 1. The zero-order valence-corrected chi connectivity index (χ0v) is 14.3. The Balaban J connectivity index is 2.09. The molecule has 4 N–H and O–H groups in total. The molecule has 0 saturated heterocycles. The van der Waals surface area contributed by atoms with Gasteiger partial charge in [0.25, 0.3) is 11.5 Å². The van der Waals surface area contributed by atoms with Crippen molar-refractivity contribution in [3.8, 4) is 5.88 Å². The largest absolute Gasteiger partial charge is 0.481 e. The lowest BCUT2D eigenvalue weighted by atomic mass is 9.93. The Kier molecular flexibility index (Phi) is 5.19. The van der Waals surface area contributed by atoms with Gasteiger partial charge in [0.1, 0.15) is 18.2 Å². The number of carboxylic acid groups (broad SMARTS) is 1. The minimum absolute atomic E-state index is 0.0705. The number of hydrogen-bond donors (Lipinski definition) is 4. The predicted molar refractivity (Wildman–Crippen MR) is 90.4 cm³/mol. The van der Waals surface area contributed by atoms with E-state index in [4.69, 9.17) is 14.6 Å². The van der Waals surface area contributed by atoms with Crippen molar-refractivity contribution in [2.24, 2.45) is 0 Å². The fraction of sp³-hybridized carbons (Fsp3) is 0.294. The number of rotatable bonds is 6. The van der Waals surface area contributed by atoms with E-state index < -0.39 is 30.1 Å². The molecular weight excluding hydrogens is 358 g/mol. The fourth-order valence-electron chi connectivity index (χ4n) is 2.87. The quantitative estimate of drug-likeness (QED) is 0.537. The molecule has 10 heteroatoms. The van der Waals surface area contributed by atoms with Crippen molar-refractivity contribution in [1.29, 1.82) is 0 Å². The van der Waals surface area contributed by atoms with Gasteiger partial charge in [-0.15, -0.1) is 0 Å². The molecule has 142 valence electrons. The second-order valence-corrected chi connectivity index (χ2v) is 5.81. The number of nitrogens with zero attached hydrogens (tertiary/aromatic N) is 1. The van der Waals surface area contributed by atoms with Gasteiger partial charge in [0.2, 0.25) is 5.88 Å². The molecule has 0 radical (unpaired) electrons. The molecule has 1 atom stereocenters. The van der Waals surface area contributed by atoms with Crippen LogP contribution in [0.25, 0.3) is 0 Å². The van der Waals surface area contributed by atoms with Gasteiger partial charge in [-0.05, 0) is 6.07 Å². The third kappa shape index (κ3) is 3.66. The van der Waals surface area contributed by atoms with Crippen LogP contribution in [0.2, 0.25) is 0 Å². The summed E-state index contributed by atoms with van der Waals surface area (Å²) >= 11 is 0. The van der Waals surface area contributed by atoms with Crippen LogP contribution in [0, 0.1) is 0 Å². The smallest absolute Gasteiger partial charge is 0.322 e. The first-order chi connectivity index (χ1) is 12.9. The van der Waals surface area contributed by atoms with Gasteiger partial charge in [0.05, 0.1) is 20.3 Å². The Morgan fingerprint density at radius 1 is 1.41 bits per heavy atom. The zero-order valence-electron chi connectivity index (χ0n) is 14.3. The monoisotopic (exact) mass is 375 g/mol. The number of aliphatic hydroxyl groups excluding tert-OH is 1. The minimum atomic E-state index is -1.34. The topological polar surface area (TPSA) is 151 Å². The number of aliphatic carboxylic acids is 1. The second-order valence-electron chi connectivity index (χ2n) is 5.81. The SMILES string of the molecule is COc1ccc(C(O)c2c3c([nH]c(=O)c2C(=O)NCC(=O)O)COC3)cn1. The first-order valence-electron chi connectivity index (χ1n) is 7.96. The van der Waals surface area contributed by atoms with E-state index in [1.807, 2.05) is 0 Å². The van der Waals surface area contributed by atoms with Crippen molar-refractivity contribution in [3.63, 3.8) is 0 Å². The van der Waals surface area contributed by atoms with Gasteiger partial charge < -0.3 is 30.0 Å². The minimum Gasteiger partial charge on any atom is -0.481 e. The molecule has 1 aliphatic rings. The van der Waals surface area contributed by atoms with Gasteiger partial charge in [0.15, 0.2) is 0 Å². The summed E-state index contributed by atoms with van der Waals surface area (Å²) in [7, 11) is 1.45. The third-order valence-corrected chi connectivity index (χ3v) is 4.13. The highest BCUT2D eigenvalue weighted by atomic mass is 16.5. The van der Waals surface area contributed by atoms with E-state index >= 15 is 0 Å². The highest BCUT2D eigenvalue weighted by Crippen LogP contribution is 2.31. The number of nitrogens with one attached hydrogen (secondary N) is 2. The number of pyridine rings is 2. The summed E-state index contributed by atoms with van der Waals surface area (Å²) in [6.45, 7) is -0.422. The van der Waals surface area contributed by atoms with Crippen molar-refractivity contribution < 1.29 is 29.3 Å². The lowest BCUT2D eigenvalue weighted by Gasteiger charge is -2.18. The Morgan fingerprint density at radius 2 is 2.19 bits per heavy atom. The highest BCUT2D eigenvalue weighted by Gasteiger charge is 2.30. The molecule has 0 aromatic carbocycles. The van der Waals surface area contributed by atoms with Gasteiger partial charge in [0, 0.05) is 34.6 Å². The van der Waals surface area contributed by atoms with Crippen LogP contribution < -0.4 is 15.6 Å². The van der Waals surface area contributed by atoms with Gasteiger partial charge in [-0.1, -0.05) is 0 Å². The Morgan fingerprint density at radius 3 is 2.81 bits per heavy atom. The van der Waals surface area contributed by atoms with Crippen LogP contribution in [0.4, 0.5) is 0 Å². The van der Waals surface area contributed by atoms with E-state index in [2.05, 4.69) is 15.3 Å². The molecule has 10 nitrogen and oxygen atoms in total. The van der Waals surface area contributed by atoms with Gasteiger partial charge in [-0.2, -0.15) is 0 Å². The number of amides is 1.